The van der Waals surface area contributed by atoms with E-state index in [1.807, 2.05) is 0 Å². The van der Waals surface area contributed by atoms with E-state index >= 15 is 0 Å². The second kappa shape index (κ2) is 4.58. The van der Waals surface area contributed by atoms with Gasteiger partial charge in [-0.25, -0.2) is 4.39 Å². The van der Waals surface area contributed by atoms with Crippen LogP contribution in [0.4, 0.5) is 10.1 Å². The third-order valence-electron chi connectivity index (χ3n) is 4.24. The zero-order valence-electron chi connectivity index (χ0n) is 11.4. The van der Waals surface area contributed by atoms with E-state index < -0.39 is 5.54 Å². The Labute approximate surface area is 117 Å². The molecule has 0 radical (unpaired) electrons. The molecule has 1 N–H and O–H groups in total. The number of aryl methyl sites for hydroxylation is 1. The fraction of sp³-hybridized carbons (Fsp3) is 0.467. The van der Waals surface area contributed by atoms with Crippen LogP contribution in [-0.4, -0.2) is 23.9 Å². The molecule has 1 aromatic rings. The summed E-state index contributed by atoms with van der Waals surface area (Å²) in [6, 6.07) is 4.28. The fourth-order valence-corrected chi connectivity index (χ4v) is 3.27. The summed E-state index contributed by atoms with van der Waals surface area (Å²) in [4.78, 5) is 26.2. The third kappa shape index (κ3) is 1.97. The molecule has 0 bridgehead atoms. The number of rotatable bonds is 1. The molecule has 4 nitrogen and oxygen atoms in total. The van der Waals surface area contributed by atoms with Crippen molar-refractivity contribution < 1.29 is 14.0 Å². The zero-order valence-corrected chi connectivity index (χ0v) is 11.4. The van der Waals surface area contributed by atoms with Gasteiger partial charge in [-0.05, 0) is 43.5 Å². The minimum atomic E-state index is -0.740. The number of nitrogens with zero attached hydrogens (tertiary/aromatic N) is 1. The molecule has 0 atom stereocenters. The van der Waals surface area contributed by atoms with Crippen molar-refractivity contribution in [3.8, 4) is 0 Å². The lowest BCUT2D eigenvalue weighted by molar-refractivity contribution is -0.135. The number of anilines is 1. The lowest BCUT2D eigenvalue weighted by Gasteiger charge is -2.40. The van der Waals surface area contributed by atoms with E-state index in [0.717, 1.165) is 12.8 Å². The number of hydrogen-bond donors (Lipinski definition) is 1. The van der Waals surface area contributed by atoms with Crippen LogP contribution < -0.4 is 10.2 Å². The van der Waals surface area contributed by atoms with E-state index in [1.165, 1.54) is 17.0 Å². The van der Waals surface area contributed by atoms with Gasteiger partial charge in [0.1, 0.15) is 17.9 Å². The van der Waals surface area contributed by atoms with E-state index in [1.54, 1.807) is 13.0 Å². The molecule has 106 valence electrons. The van der Waals surface area contributed by atoms with Crippen LogP contribution in [0, 0.1) is 12.7 Å². The van der Waals surface area contributed by atoms with Gasteiger partial charge in [-0.15, -0.1) is 0 Å². The van der Waals surface area contributed by atoms with Crippen LogP contribution in [0.1, 0.15) is 31.2 Å². The minimum absolute atomic E-state index is 0.00700. The summed E-state index contributed by atoms with van der Waals surface area (Å²) >= 11 is 0. The maximum absolute atomic E-state index is 13.2. The molecule has 2 fully saturated rings. The van der Waals surface area contributed by atoms with Crippen LogP contribution in [0.25, 0.3) is 0 Å². The second-order valence-corrected chi connectivity index (χ2v) is 5.66. The summed E-state index contributed by atoms with van der Waals surface area (Å²) in [5.74, 6) is -0.546. The van der Waals surface area contributed by atoms with Crippen LogP contribution in [-0.2, 0) is 9.59 Å². The lowest BCUT2D eigenvalue weighted by atomic mass is 9.92. The number of halogens is 1. The largest absolute Gasteiger partial charge is 0.340 e. The standard InChI is InChI=1S/C15H17FN2O2/c1-10-8-11(16)4-5-12(10)18-9-13(19)17-15(14(18)20)6-2-3-7-15/h4-5,8H,2-3,6-7,9H2,1H3,(H,17,19). The highest BCUT2D eigenvalue weighted by molar-refractivity contribution is 6.09. The summed E-state index contributed by atoms with van der Waals surface area (Å²) < 4.78 is 13.2. The van der Waals surface area contributed by atoms with Crippen molar-refractivity contribution in [3.05, 3.63) is 29.6 Å². The number of piperazine rings is 1. The topological polar surface area (TPSA) is 49.4 Å². The van der Waals surface area contributed by atoms with E-state index in [2.05, 4.69) is 5.32 Å². The Kier molecular flexibility index (Phi) is 3.00. The average molecular weight is 276 g/mol. The lowest BCUT2D eigenvalue weighted by Crippen LogP contribution is -2.65. The molecule has 2 aliphatic rings. The van der Waals surface area contributed by atoms with Crippen molar-refractivity contribution in [1.29, 1.82) is 0 Å². The molecule has 0 unspecified atom stereocenters. The van der Waals surface area contributed by atoms with Crippen molar-refractivity contribution in [2.75, 3.05) is 11.4 Å². The predicted molar refractivity (Wildman–Crippen MR) is 72.8 cm³/mol. The summed E-state index contributed by atoms with van der Waals surface area (Å²) in [7, 11) is 0. The van der Waals surface area contributed by atoms with Crippen LogP contribution >= 0.6 is 0 Å². The van der Waals surface area contributed by atoms with Gasteiger partial charge in [0.2, 0.25) is 5.91 Å². The zero-order chi connectivity index (χ0) is 14.3. The maximum Gasteiger partial charge on any atom is 0.253 e. The monoisotopic (exact) mass is 276 g/mol. The molecule has 1 aliphatic heterocycles. The first-order valence-corrected chi connectivity index (χ1v) is 6.91. The Morgan fingerprint density at radius 3 is 2.60 bits per heavy atom. The van der Waals surface area contributed by atoms with Gasteiger partial charge in [0.25, 0.3) is 5.91 Å². The smallest absolute Gasteiger partial charge is 0.253 e. The van der Waals surface area contributed by atoms with E-state index in [-0.39, 0.29) is 24.2 Å². The fourth-order valence-electron chi connectivity index (χ4n) is 3.27. The summed E-state index contributed by atoms with van der Waals surface area (Å²) in [5, 5.41) is 2.87. The van der Waals surface area contributed by atoms with Gasteiger partial charge in [-0.3, -0.25) is 9.59 Å². The Morgan fingerprint density at radius 1 is 1.25 bits per heavy atom. The second-order valence-electron chi connectivity index (χ2n) is 5.66. The van der Waals surface area contributed by atoms with Gasteiger partial charge >= 0.3 is 0 Å². The number of benzene rings is 1. The molecule has 1 heterocycles. The van der Waals surface area contributed by atoms with Gasteiger partial charge in [0.05, 0.1) is 0 Å². The summed E-state index contributed by atoms with van der Waals surface area (Å²) in [6.45, 7) is 1.76. The quantitative estimate of drug-likeness (QED) is 0.852. The van der Waals surface area contributed by atoms with Crippen LogP contribution in [0.2, 0.25) is 0 Å². The molecular weight excluding hydrogens is 259 g/mol. The Hall–Kier alpha value is -1.91. The first-order chi connectivity index (χ1) is 9.52. The van der Waals surface area contributed by atoms with E-state index in [9.17, 15) is 14.0 Å². The molecule has 2 amide bonds. The Balaban J connectivity index is 1.99. The molecule has 3 rings (SSSR count). The minimum Gasteiger partial charge on any atom is -0.340 e. The molecule has 1 saturated heterocycles. The van der Waals surface area contributed by atoms with Gasteiger partial charge in [-0.2, -0.15) is 0 Å². The molecular formula is C15H17FN2O2. The van der Waals surface area contributed by atoms with Gasteiger partial charge in [-0.1, -0.05) is 12.8 Å². The Bertz CT molecular complexity index is 579. The van der Waals surface area contributed by atoms with Crippen molar-refractivity contribution in [2.45, 2.75) is 38.1 Å². The van der Waals surface area contributed by atoms with Gasteiger partial charge in [0.15, 0.2) is 0 Å². The average Bonchev–Trinajstić information content (AvgIpc) is 2.84. The van der Waals surface area contributed by atoms with Gasteiger partial charge < -0.3 is 10.2 Å². The van der Waals surface area contributed by atoms with Crippen molar-refractivity contribution in [1.82, 2.24) is 5.32 Å². The molecule has 5 heteroatoms. The molecule has 20 heavy (non-hydrogen) atoms. The SMILES string of the molecule is Cc1cc(F)ccc1N1CC(=O)NC2(CCCC2)C1=O. The maximum atomic E-state index is 13.2. The third-order valence-corrected chi connectivity index (χ3v) is 4.24. The number of carbonyl (C=O) groups is 2. The normalized spacial score (nSPS) is 21.4. The number of amides is 2. The molecule has 1 saturated carbocycles. The molecule has 1 spiro atoms. The van der Waals surface area contributed by atoms with E-state index in [0.29, 0.717) is 24.1 Å². The predicted octanol–water partition coefficient (Wildman–Crippen LogP) is 1.91. The van der Waals surface area contributed by atoms with Crippen LogP contribution in [0.5, 0.6) is 0 Å². The van der Waals surface area contributed by atoms with Crippen LogP contribution in [0.3, 0.4) is 0 Å². The number of nitrogens with one attached hydrogen (secondary N) is 1. The van der Waals surface area contributed by atoms with Crippen LogP contribution in [0.15, 0.2) is 18.2 Å². The summed E-state index contributed by atoms with van der Waals surface area (Å²) in [5.41, 5.74) is 0.551. The Morgan fingerprint density at radius 2 is 1.95 bits per heavy atom. The molecule has 0 aromatic heterocycles. The van der Waals surface area contributed by atoms with Crippen molar-refractivity contribution in [2.24, 2.45) is 0 Å². The first kappa shape index (κ1) is 13.1. The van der Waals surface area contributed by atoms with Crippen molar-refractivity contribution in [3.63, 3.8) is 0 Å². The highest BCUT2D eigenvalue weighted by atomic mass is 19.1. The number of hydrogen-bond acceptors (Lipinski definition) is 2. The molecule has 1 aliphatic carbocycles. The van der Waals surface area contributed by atoms with Gasteiger partial charge in [0, 0.05) is 5.69 Å². The first-order valence-electron chi connectivity index (χ1n) is 6.91. The van der Waals surface area contributed by atoms with E-state index in [4.69, 9.17) is 0 Å². The number of carbonyl (C=O) groups excluding carboxylic acids is 2. The molecule has 1 aromatic carbocycles. The van der Waals surface area contributed by atoms with Crippen molar-refractivity contribution >= 4 is 17.5 Å². The highest BCUT2D eigenvalue weighted by Gasteiger charge is 2.48. The summed E-state index contributed by atoms with van der Waals surface area (Å²) in [6.07, 6.45) is 3.27. The highest BCUT2D eigenvalue weighted by Crippen LogP contribution is 2.35.